The molecule has 0 aliphatic heterocycles. The molecule has 4 fully saturated rings. The lowest BCUT2D eigenvalue weighted by atomic mass is 9.48. The molecule has 0 spiro atoms. The summed E-state index contributed by atoms with van der Waals surface area (Å²) in [7, 11) is 0. The molecule has 20 heavy (non-hydrogen) atoms. The number of carbonyl (C=O) groups excluding carboxylic acids is 1. The molecule has 1 aromatic rings. The molecule has 0 saturated heterocycles. The molecule has 0 unspecified atom stereocenters. The molecular formula is C18H22O2. The van der Waals surface area contributed by atoms with E-state index in [4.69, 9.17) is 4.42 Å². The predicted octanol–water partition coefficient (Wildman–Crippen LogP) is 4.39. The van der Waals surface area contributed by atoms with Gasteiger partial charge in [0.2, 0.25) is 0 Å². The molecule has 2 heteroatoms. The highest BCUT2D eigenvalue weighted by atomic mass is 16.3. The molecule has 4 aliphatic carbocycles. The summed E-state index contributed by atoms with van der Waals surface area (Å²) in [5, 5.41) is 0. The van der Waals surface area contributed by atoms with Crippen molar-refractivity contribution in [2.24, 2.45) is 23.2 Å². The highest BCUT2D eigenvalue weighted by Gasteiger charge is 2.53. The second kappa shape index (κ2) is 4.34. The minimum Gasteiger partial charge on any atom is -0.462 e. The van der Waals surface area contributed by atoms with Gasteiger partial charge >= 0.3 is 0 Å². The number of hydrogen-bond donors (Lipinski definition) is 0. The maximum atomic E-state index is 12.7. The summed E-state index contributed by atoms with van der Waals surface area (Å²) in [6, 6.07) is 3.87. The van der Waals surface area contributed by atoms with Crippen LogP contribution in [0.2, 0.25) is 0 Å². The average Bonchev–Trinajstić information content (AvgIpc) is 2.80. The number of furan rings is 1. The maximum absolute atomic E-state index is 12.7. The Hall–Kier alpha value is -1.31. The molecule has 5 rings (SSSR count). The first-order chi connectivity index (χ1) is 9.63. The monoisotopic (exact) mass is 270 g/mol. The number of allylic oxidation sites excluding steroid dienone is 1. The largest absolute Gasteiger partial charge is 0.462 e. The molecule has 2 nitrogen and oxygen atoms in total. The molecule has 4 saturated carbocycles. The third-order valence-electron chi connectivity index (χ3n) is 5.72. The molecule has 106 valence electrons. The minimum absolute atomic E-state index is 0.0209. The van der Waals surface area contributed by atoms with Crippen molar-refractivity contribution in [1.29, 1.82) is 0 Å². The van der Waals surface area contributed by atoms with Gasteiger partial charge in [0.15, 0.2) is 5.78 Å². The van der Waals surface area contributed by atoms with Crippen LogP contribution in [0.1, 0.15) is 50.0 Å². The number of rotatable bonds is 3. The van der Waals surface area contributed by atoms with Crippen molar-refractivity contribution >= 4 is 11.9 Å². The van der Waals surface area contributed by atoms with E-state index in [1.165, 1.54) is 19.3 Å². The number of aryl methyl sites for hydroxylation is 1. The fraction of sp³-hybridized carbons (Fsp3) is 0.611. The lowest BCUT2D eigenvalue weighted by Crippen LogP contribution is -2.49. The number of ketones is 1. The molecule has 0 aromatic carbocycles. The number of carbonyl (C=O) groups is 1. The highest BCUT2D eigenvalue weighted by Crippen LogP contribution is 2.60. The third kappa shape index (κ3) is 1.97. The Balaban J connectivity index is 1.55. The zero-order valence-corrected chi connectivity index (χ0v) is 12.1. The van der Waals surface area contributed by atoms with Crippen LogP contribution in [0.3, 0.4) is 0 Å². The molecule has 1 aromatic heterocycles. The second-order valence-electron chi connectivity index (χ2n) is 7.34. The van der Waals surface area contributed by atoms with Crippen LogP contribution in [0.5, 0.6) is 0 Å². The maximum Gasteiger partial charge on any atom is 0.161 e. The van der Waals surface area contributed by atoms with Crippen molar-refractivity contribution < 1.29 is 9.21 Å². The van der Waals surface area contributed by atoms with E-state index >= 15 is 0 Å². The third-order valence-corrected chi connectivity index (χ3v) is 5.72. The van der Waals surface area contributed by atoms with Gasteiger partial charge in [-0.1, -0.05) is 0 Å². The first-order valence-corrected chi connectivity index (χ1v) is 7.92. The van der Waals surface area contributed by atoms with Crippen LogP contribution in [0.25, 0.3) is 6.08 Å². The Morgan fingerprint density at radius 3 is 2.25 bits per heavy atom. The Bertz CT molecular complexity index is 528. The Labute approximate surface area is 120 Å². The summed E-state index contributed by atoms with van der Waals surface area (Å²) in [5.74, 6) is 4.51. The van der Waals surface area contributed by atoms with Gasteiger partial charge in [-0.2, -0.15) is 0 Å². The summed E-state index contributed by atoms with van der Waals surface area (Å²) in [5.41, 5.74) is -0.0209. The second-order valence-corrected chi connectivity index (χ2v) is 7.34. The van der Waals surface area contributed by atoms with Gasteiger partial charge in [-0.25, -0.2) is 0 Å². The van der Waals surface area contributed by atoms with E-state index in [1.807, 2.05) is 25.1 Å². The van der Waals surface area contributed by atoms with E-state index in [1.54, 1.807) is 6.08 Å². The van der Waals surface area contributed by atoms with Crippen LogP contribution >= 0.6 is 0 Å². The molecule has 0 radical (unpaired) electrons. The predicted molar refractivity (Wildman–Crippen MR) is 78.1 cm³/mol. The molecule has 0 amide bonds. The molecule has 4 bridgehead atoms. The van der Waals surface area contributed by atoms with Gasteiger partial charge < -0.3 is 4.42 Å². The molecule has 0 N–H and O–H groups in total. The smallest absolute Gasteiger partial charge is 0.161 e. The summed E-state index contributed by atoms with van der Waals surface area (Å²) in [6.07, 6.45) is 11.2. The topological polar surface area (TPSA) is 30.2 Å². The van der Waals surface area contributed by atoms with Gasteiger partial charge in [-0.15, -0.1) is 0 Å². The van der Waals surface area contributed by atoms with E-state index < -0.39 is 0 Å². The summed E-state index contributed by atoms with van der Waals surface area (Å²) >= 11 is 0. The summed E-state index contributed by atoms with van der Waals surface area (Å²) in [6.45, 7) is 1.93. The van der Waals surface area contributed by atoms with Gasteiger partial charge in [0.1, 0.15) is 11.5 Å². The van der Waals surface area contributed by atoms with Crippen LogP contribution in [-0.2, 0) is 4.79 Å². The molecule has 4 aliphatic rings. The summed E-state index contributed by atoms with van der Waals surface area (Å²) in [4.78, 5) is 12.7. The van der Waals surface area contributed by atoms with Crippen LogP contribution in [0.4, 0.5) is 0 Å². The van der Waals surface area contributed by atoms with E-state index in [0.29, 0.717) is 5.78 Å². The van der Waals surface area contributed by atoms with Gasteiger partial charge in [-0.3, -0.25) is 4.79 Å². The molecule has 1 heterocycles. The van der Waals surface area contributed by atoms with Gasteiger partial charge in [0, 0.05) is 5.41 Å². The quantitative estimate of drug-likeness (QED) is 0.763. The van der Waals surface area contributed by atoms with Crippen molar-refractivity contribution in [1.82, 2.24) is 0 Å². The zero-order valence-electron chi connectivity index (χ0n) is 12.1. The van der Waals surface area contributed by atoms with Crippen molar-refractivity contribution in [2.45, 2.75) is 45.4 Å². The fourth-order valence-electron chi connectivity index (χ4n) is 5.29. The Morgan fingerprint density at radius 1 is 1.15 bits per heavy atom. The van der Waals surface area contributed by atoms with Crippen LogP contribution in [0, 0.1) is 30.1 Å². The zero-order chi connectivity index (χ0) is 13.7. The first-order valence-electron chi connectivity index (χ1n) is 7.92. The van der Waals surface area contributed by atoms with E-state index in [9.17, 15) is 4.79 Å². The van der Waals surface area contributed by atoms with Crippen molar-refractivity contribution in [3.63, 3.8) is 0 Å². The normalized spacial score (nSPS) is 38.8. The average molecular weight is 270 g/mol. The lowest BCUT2D eigenvalue weighted by Gasteiger charge is -2.55. The standard InChI is InChI=1S/C18H22O2/c1-12-2-3-16(20-12)4-5-17(19)18-9-13-6-14(10-18)8-15(7-13)11-18/h2-5,13-15H,6-11H2,1H3/b5-4+. The SMILES string of the molecule is Cc1ccc(/C=C/C(=O)C23CC4CC(CC(C4)C2)C3)o1. The van der Waals surface area contributed by atoms with Crippen molar-refractivity contribution in [3.05, 3.63) is 29.7 Å². The lowest BCUT2D eigenvalue weighted by molar-refractivity contribution is -0.138. The highest BCUT2D eigenvalue weighted by molar-refractivity contribution is 5.98. The van der Waals surface area contributed by atoms with E-state index in [-0.39, 0.29) is 5.41 Å². The van der Waals surface area contributed by atoms with E-state index in [2.05, 4.69) is 0 Å². The van der Waals surface area contributed by atoms with Gasteiger partial charge in [-0.05, 0) is 87.5 Å². The van der Waals surface area contributed by atoms with Crippen LogP contribution in [-0.4, -0.2) is 5.78 Å². The minimum atomic E-state index is -0.0209. The van der Waals surface area contributed by atoms with Crippen molar-refractivity contribution in [3.8, 4) is 0 Å². The van der Waals surface area contributed by atoms with Crippen LogP contribution in [0.15, 0.2) is 22.6 Å². The van der Waals surface area contributed by atoms with Gasteiger partial charge in [0.05, 0.1) is 0 Å². The van der Waals surface area contributed by atoms with Crippen LogP contribution < -0.4 is 0 Å². The first kappa shape index (κ1) is 12.4. The van der Waals surface area contributed by atoms with E-state index in [0.717, 1.165) is 48.5 Å². The summed E-state index contributed by atoms with van der Waals surface area (Å²) < 4.78 is 5.51. The number of hydrogen-bond acceptors (Lipinski definition) is 2. The van der Waals surface area contributed by atoms with Crippen molar-refractivity contribution in [2.75, 3.05) is 0 Å². The van der Waals surface area contributed by atoms with Gasteiger partial charge in [0.25, 0.3) is 0 Å². The Morgan fingerprint density at radius 2 is 1.75 bits per heavy atom. The Kier molecular flexibility index (Phi) is 2.70. The molecule has 0 atom stereocenters. The fourth-order valence-corrected chi connectivity index (χ4v) is 5.29. The molecular weight excluding hydrogens is 248 g/mol.